The molecule has 6 heteroatoms. The van der Waals surface area contributed by atoms with E-state index in [0.29, 0.717) is 5.56 Å². The molecule has 1 heterocycles. The van der Waals surface area contributed by atoms with Crippen LogP contribution in [0.2, 0.25) is 5.15 Å². The maximum Gasteiger partial charge on any atom is 0.264 e. The van der Waals surface area contributed by atoms with Crippen molar-refractivity contribution < 1.29 is 8.78 Å². The summed E-state index contributed by atoms with van der Waals surface area (Å²) in [4.78, 5) is 3.76. The van der Waals surface area contributed by atoms with Crippen LogP contribution in [-0.4, -0.2) is 4.98 Å². The minimum absolute atomic E-state index is 0.0310. The van der Waals surface area contributed by atoms with Gasteiger partial charge in [-0.1, -0.05) is 27.5 Å². The number of hydrogen-bond acceptors (Lipinski definition) is 2. The zero-order valence-corrected chi connectivity index (χ0v) is 9.82. The third kappa shape index (κ3) is 2.64. The number of nitriles is 1. The molecule has 1 rings (SSSR count). The van der Waals surface area contributed by atoms with Gasteiger partial charge in [0.15, 0.2) is 0 Å². The molecule has 0 aliphatic heterocycles. The highest BCUT2D eigenvalue weighted by molar-refractivity contribution is 9.08. The van der Waals surface area contributed by atoms with Crippen LogP contribution in [0.3, 0.4) is 0 Å². The molecule has 0 atom stereocenters. The quantitative estimate of drug-likeness (QED) is 0.630. The van der Waals surface area contributed by atoms with Crippen molar-refractivity contribution >= 4 is 27.5 Å². The van der Waals surface area contributed by atoms with Gasteiger partial charge in [0.2, 0.25) is 0 Å². The second kappa shape index (κ2) is 5.38. The van der Waals surface area contributed by atoms with Gasteiger partial charge in [0.25, 0.3) is 6.43 Å². The van der Waals surface area contributed by atoms with Gasteiger partial charge in [0.1, 0.15) is 5.15 Å². The van der Waals surface area contributed by atoms with E-state index in [4.69, 9.17) is 16.9 Å². The Balaban J connectivity index is 3.38. The van der Waals surface area contributed by atoms with Gasteiger partial charge >= 0.3 is 0 Å². The Morgan fingerprint density at radius 1 is 1.60 bits per heavy atom. The molecule has 0 saturated heterocycles. The van der Waals surface area contributed by atoms with Gasteiger partial charge in [0.05, 0.1) is 12.5 Å². The SMILES string of the molecule is N#CCc1c(Cl)ncc(CBr)c1C(F)F. The van der Waals surface area contributed by atoms with Crippen LogP contribution in [-0.2, 0) is 11.8 Å². The lowest BCUT2D eigenvalue weighted by Gasteiger charge is -2.11. The Hall–Kier alpha value is -0.730. The molecule has 1 aromatic rings. The fourth-order valence-electron chi connectivity index (χ4n) is 1.21. The van der Waals surface area contributed by atoms with E-state index in [1.165, 1.54) is 6.20 Å². The molecule has 0 spiro atoms. The number of nitrogens with zero attached hydrogens (tertiary/aromatic N) is 2. The molecule has 15 heavy (non-hydrogen) atoms. The summed E-state index contributed by atoms with van der Waals surface area (Å²) in [5.41, 5.74) is 0.291. The molecule has 0 radical (unpaired) electrons. The number of rotatable bonds is 3. The zero-order valence-electron chi connectivity index (χ0n) is 7.48. The van der Waals surface area contributed by atoms with Crippen molar-refractivity contribution in [2.45, 2.75) is 18.2 Å². The number of alkyl halides is 3. The Labute approximate surface area is 99.0 Å². The molecular formula is C9H6BrClF2N2. The highest BCUT2D eigenvalue weighted by Crippen LogP contribution is 2.31. The van der Waals surface area contributed by atoms with Gasteiger partial charge in [-0.15, -0.1) is 0 Å². The van der Waals surface area contributed by atoms with Gasteiger partial charge in [-0.2, -0.15) is 5.26 Å². The summed E-state index contributed by atoms with van der Waals surface area (Å²) in [5.74, 6) is 0. The van der Waals surface area contributed by atoms with E-state index in [0.717, 1.165) is 0 Å². The molecule has 2 nitrogen and oxygen atoms in total. The van der Waals surface area contributed by atoms with Crippen molar-refractivity contribution in [3.05, 3.63) is 28.0 Å². The minimum Gasteiger partial charge on any atom is -0.244 e. The minimum atomic E-state index is -2.65. The number of halogens is 4. The second-order valence-corrected chi connectivity index (χ2v) is 3.65. The van der Waals surface area contributed by atoms with Crippen LogP contribution in [0, 0.1) is 11.3 Å². The van der Waals surface area contributed by atoms with Crippen LogP contribution in [0.1, 0.15) is 23.1 Å². The molecule has 0 amide bonds. The van der Waals surface area contributed by atoms with Crippen molar-refractivity contribution in [3.63, 3.8) is 0 Å². The van der Waals surface area contributed by atoms with Gasteiger partial charge in [-0.3, -0.25) is 0 Å². The van der Waals surface area contributed by atoms with Gasteiger partial charge in [0, 0.05) is 22.7 Å². The first-order chi connectivity index (χ1) is 7.11. The summed E-state index contributed by atoms with van der Waals surface area (Å²) in [6.45, 7) is 0. The highest BCUT2D eigenvalue weighted by atomic mass is 79.9. The lowest BCUT2D eigenvalue weighted by molar-refractivity contribution is 0.149. The Kier molecular flexibility index (Phi) is 4.43. The molecule has 80 valence electrons. The molecule has 0 aliphatic rings. The lowest BCUT2D eigenvalue weighted by Crippen LogP contribution is -2.02. The Bertz CT molecular complexity index is 404. The Morgan fingerprint density at radius 2 is 2.27 bits per heavy atom. The fraction of sp³-hybridized carbons (Fsp3) is 0.333. The number of pyridine rings is 1. The summed E-state index contributed by atoms with van der Waals surface area (Å²) in [6.07, 6.45) is -1.52. The van der Waals surface area contributed by atoms with Crippen LogP contribution in [0.15, 0.2) is 6.20 Å². The lowest BCUT2D eigenvalue weighted by atomic mass is 10.0. The van der Waals surface area contributed by atoms with Crippen molar-refractivity contribution in [1.29, 1.82) is 5.26 Å². The first-order valence-corrected chi connectivity index (χ1v) is 5.49. The summed E-state index contributed by atoms with van der Waals surface area (Å²) in [5, 5.41) is 8.75. The maximum absolute atomic E-state index is 12.8. The van der Waals surface area contributed by atoms with Gasteiger partial charge in [-0.25, -0.2) is 13.8 Å². The van der Waals surface area contributed by atoms with Crippen LogP contribution in [0.25, 0.3) is 0 Å². The molecular weight excluding hydrogens is 289 g/mol. The van der Waals surface area contributed by atoms with E-state index in [1.54, 1.807) is 6.07 Å². The smallest absolute Gasteiger partial charge is 0.244 e. The average Bonchev–Trinajstić information content (AvgIpc) is 2.20. The molecule has 0 unspecified atom stereocenters. The Morgan fingerprint density at radius 3 is 2.73 bits per heavy atom. The zero-order chi connectivity index (χ0) is 11.4. The molecule has 0 fully saturated rings. The van der Waals surface area contributed by atoms with Crippen LogP contribution >= 0.6 is 27.5 Å². The van der Waals surface area contributed by atoms with Gasteiger partial charge in [-0.05, 0) is 5.56 Å². The summed E-state index contributed by atoms with van der Waals surface area (Å²) >= 11 is 8.76. The number of aromatic nitrogens is 1. The van der Waals surface area contributed by atoms with Crippen molar-refractivity contribution in [2.24, 2.45) is 0 Å². The van der Waals surface area contributed by atoms with Crippen molar-refractivity contribution in [2.75, 3.05) is 0 Å². The topological polar surface area (TPSA) is 36.7 Å². The highest BCUT2D eigenvalue weighted by Gasteiger charge is 2.20. The normalized spacial score (nSPS) is 10.4. The first kappa shape index (κ1) is 12.3. The van der Waals surface area contributed by atoms with E-state index in [2.05, 4.69) is 20.9 Å². The van der Waals surface area contributed by atoms with Crippen LogP contribution < -0.4 is 0 Å². The van der Waals surface area contributed by atoms with Crippen molar-refractivity contribution in [1.82, 2.24) is 4.98 Å². The molecule has 0 saturated carbocycles. The third-order valence-corrected chi connectivity index (χ3v) is 2.80. The van der Waals surface area contributed by atoms with Crippen molar-refractivity contribution in [3.8, 4) is 6.07 Å². The van der Waals surface area contributed by atoms with E-state index >= 15 is 0 Å². The predicted octanol–water partition coefficient (Wildman–Crippen LogP) is 3.63. The standard InChI is InChI=1S/C9H6BrClF2N2/c10-3-5-4-15-8(11)6(1-2-14)7(5)9(12)13/h4,9H,1,3H2. The number of hydrogen-bond donors (Lipinski definition) is 0. The summed E-state index contributed by atoms with van der Waals surface area (Å²) in [6, 6.07) is 1.80. The first-order valence-electron chi connectivity index (χ1n) is 3.99. The molecule has 0 aromatic carbocycles. The molecule has 0 N–H and O–H groups in total. The largest absolute Gasteiger partial charge is 0.264 e. The fourth-order valence-corrected chi connectivity index (χ4v) is 1.88. The predicted molar refractivity (Wildman–Crippen MR) is 56.2 cm³/mol. The monoisotopic (exact) mass is 294 g/mol. The summed E-state index contributed by atoms with van der Waals surface area (Å²) < 4.78 is 25.5. The van der Waals surface area contributed by atoms with Crippen LogP contribution in [0.5, 0.6) is 0 Å². The second-order valence-electron chi connectivity index (χ2n) is 2.74. The van der Waals surface area contributed by atoms with E-state index < -0.39 is 6.43 Å². The van der Waals surface area contributed by atoms with Gasteiger partial charge < -0.3 is 0 Å². The third-order valence-electron chi connectivity index (χ3n) is 1.87. The summed E-state index contributed by atoms with van der Waals surface area (Å²) in [7, 11) is 0. The molecule has 1 aromatic heterocycles. The molecule has 0 aliphatic carbocycles. The van der Waals surface area contributed by atoms with Crippen LogP contribution in [0.4, 0.5) is 8.78 Å². The van der Waals surface area contributed by atoms with E-state index in [9.17, 15) is 8.78 Å². The van der Waals surface area contributed by atoms with E-state index in [-0.39, 0.29) is 28.0 Å². The maximum atomic E-state index is 12.8. The molecule has 0 bridgehead atoms. The average molecular weight is 296 g/mol. The van der Waals surface area contributed by atoms with E-state index in [1.807, 2.05) is 0 Å².